The molecular weight excluding hydrogens is 357 g/mol. The molecule has 1 aliphatic carbocycles. The molecule has 27 heavy (non-hydrogen) atoms. The van der Waals surface area contributed by atoms with E-state index >= 15 is 0 Å². The molecule has 0 atom stereocenters. The zero-order valence-corrected chi connectivity index (χ0v) is 13.8. The lowest BCUT2D eigenvalue weighted by atomic mass is 9.82. The SMILES string of the molecule is O=C1c2cccc(O)c2Cc2c1ccc(-c1cccc(C(F)(F)F)c1)c2O. The minimum Gasteiger partial charge on any atom is -0.508 e. The van der Waals surface area contributed by atoms with Crippen molar-refractivity contribution < 1.29 is 28.2 Å². The van der Waals surface area contributed by atoms with Crippen LogP contribution in [0.5, 0.6) is 11.5 Å². The van der Waals surface area contributed by atoms with E-state index < -0.39 is 11.7 Å². The van der Waals surface area contributed by atoms with Gasteiger partial charge >= 0.3 is 6.18 Å². The number of alkyl halides is 3. The standard InChI is InChI=1S/C21H13F3O3/c22-21(23,24)12-4-1-3-11(9-12)13-7-8-15-17(19(13)26)10-16-14(20(15)27)5-2-6-18(16)25/h1-9,25-26H,10H2. The second kappa shape index (κ2) is 5.87. The zero-order valence-electron chi connectivity index (χ0n) is 13.8. The van der Waals surface area contributed by atoms with E-state index in [1.54, 1.807) is 12.1 Å². The Bertz CT molecular complexity index is 1080. The van der Waals surface area contributed by atoms with Crippen molar-refractivity contribution in [2.45, 2.75) is 12.6 Å². The van der Waals surface area contributed by atoms with E-state index in [2.05, 4.69) is 0 Å². The molecule has 0 saturated heterocycles. The van der Waals surface area contributed by atoms with Gasteiger partial charge in [0.1, 0.15) is 11.5 Å². The summed E-state index contributed by atoms with van der Waals surface area (Å²) in [7, 11) is 0. The number of ketones is 1. The fourth-order valence-corrected chi connectivity index (χ4v) is 3.42. The minimum absolute atomic E-state index is 0.0598. The quantitative estimate of drug-likeness (QED) is 0.500. The maximum atomic E-state index is 13.0. The number of rotatable bonds is 1. The largest absolute Gasteiger partial charge is 0.508 e. The predicted octanol–water partition coefficient (Wildman–Crippen LogP) is 4.92. The summed E-state index contributed by atoms with van der Waals surface area (Å²) in [4.78, 5) is 12.7. The van der Waals surface area contributed by atoms with Crippen LogP contribution >= 0.6 is 0 Å². The van der Waals surface area contributed by atoms with Gasteiger partial charge in [-0.1, -0.05) is 24.3 Å². The van der Waals surface area contributed by atoms with Crippen molar-refractivity contribution in [2.75, 3.05) is 0 Å². The van der Waals surface area contributed by atoms with Crippen LogP contribution in [0.4, 0.5) is 13.2 Å². The van der Waals surface area contributed by atoms with Gasteiger partial charge in [0, 0.05) is 34.2 Å². The Labute approximate surface area is 152 Å². The summed E-state index contributed by atoms with van der Waals surface area (Å²) < 4.78 is 39.0. The molecule has 3 aromatic carbocycles. The third-order valence-corrected chi connectivity index (χ3v) is 4.78. The Morgan fingerprint density at radius 1 is 0.815 bits per heavy atom. The van der Waals surface area contributed by atoms with Crippen molar-refractivity contribution in [3.8, 4) is 22.6 Å². The van der Waals surface area contributed by atoms with Crippen LogP contribution in [0, 0.1) is 0 Å². The third-order valence-electron chi connectivity index (χ3n) is 4.78. The van der Waals surface area contributed by atoms with Gasteiger partial charge < -0.3 is 10.2 Å². The number of halogens is 3. The summed E-state index contributed by atoms with van der Waals surface area (Å²) in [6.07, 6.45) is -4.39. The number of benzene rings is 3. The van der Waals surface area contributed by atoms with Crippen LogP contribution in [0.2, 0.25) is 0 Å². The summed E-state index contributed by atoms with van der Waals surface area (Å²) in [5.41, 5.74) is 0.897. The summed E-state index contributed by atoms with van der Waals surface area (Å²) in [6, 6.07) is 12.2. The van der Waals surface area contributed by atoms with Gasteiger partial charge in [0.05, 0.1) is 5.56 Å². The van der Waals surface area contributed by atoms with Crippen molar-refractivity contribution in [1.82, 2.24) is 0 Å². The van der Waals surface area contributed by atoms with Gasteiger partial charge in [-0.05, 0) is 35.9 Å². The Balaban J connectivity index is 1.86. The monoisotopic (exact) mass is 370 g/mol. The van der Waals surface area contributed by atoms with Crippen molar-refractivity contribution in [3.05, 3.63) is 82.4 Å². The fourth-order valence-electron chi connectivity index (χ4n) is 3.42. The first-order valence-corrected chi connectivity index (χ1v) is 8.15. The molecule has 0 aromatic heterocycles. The predicted molar refractivity (Wildman–Crippen MR) is 92.9 cm³/mol. The van der Waals surface area contributed by atoms with Gasteiger partial charge in [0.15, 0.2) is 5.78 Å². The highest BCUT2D eigenvalue weighted by Gasteiger charge is 2.32. The average molecular weight is 370 g/mol. The van der Waals surface area contributed by atoms with Crippen molar-refractivity contribution in [2.24, 2.45) is 0 Å². The molecule has 3 nitrogen and oxygen atoms in total. The summed E-state index contributed by atoms with van der Waals surface area (Å²) in [6.45, 7) is 0. The first kappa shape index (κ1) is 17.1. The van der Waals surface area contributed by atoms with Gasteiger partial charge in [0.2, 0.25) is 0 Å². The topological polar surface area (TPSA) is 57.5 Å². The molecule has 0 spiro atoms. The highest BCUT2D eigenvalue weighted by Crippen LogP contribution is 2.42. The molecule has 136 valence electrons. The highest BCUT2D eigenvalue weighted by atomic mass is 19.4. The molecule has 0 saturated carbocycles. The van der Waals surface area contributed by atoms with Crippen LogP contribution in [-0.4, -0.2) is 16.0 Å². The second-order valence-electron chi connectivity index (χ2n) is 6.38. The lowest BCUT2D eigenvalue weighted by molar-refractivity contribution is -0.137. The Hall–Kier alpha value is -3.28. The number of carbonyl (C=O) groups excluding carboxylic acids is 1. The van der Waals surface area contributed by atoms with Crippen LogP contribution in [0.25, 0.3) is 11.1 Å². The smallest absolute Gasteiger partial charge is 0.416 e. The Kier molecular flexibility index (Phi) is 3.73. The zero-order chi connectivity index (χ0) is 19.3. The number of phenolic OH excluding ortho intramolecular Hbond substituents is 2. The van der Waals surface area contributed by atoms with Gasteiger partial charge in [0.25, 0.3) is 0 Å². The molecule has 0 aliphatic heterocycles. The van der Waals surface area contributed by atoms with Crippen LogP contribution in [0.3, 0.4) is 0 Å². The number of aromatic hydroxyl groups is 2. The molecule has 0 radical (unpaired) electrons. The number of hydrogen-bond donors (Lipinski definition) is 2. The van der Waals surface area contributed by atoms with Crippen molar-refractivity contribution in [1.29, 1.82) is 0 Å². The summed E-state index contributed by atoms with van der Waals surface area (Å²) >= 11 is 0. The molecule has 1 aliphatic rings. The van der Waals surface area contributed by atoms with E-state index in [0.717, 1.165) is 12.1 Å². The molecule has 3 aromatic rings. The number of carbonyl (C=O) groups is 1. The first-order valence-electron chi connectivity index (χ1n) is 8.15. The van der Waals surface area contributed by atoms with E-state index in [9.17, 15) is 28.2 Å². The third kappa shape index (κ3) is 2.73. The molecule has 4 rings (SSSR count). The van der Waals surface area contributed by atoms with Crippen molar-refractivity contribution in [3.63, 3.8) is 0 Å². The summed E-state index contributed by atoms with van der Waals surface area (Å²) in [5, 5.41) is 20.7. The Morgan fingerprint density at radius 3 is 2.22 bits per heavy atom. The van der Waals surface area contributed by atoms with Gasteiger partial charge in [-0.2, -0.15) is 13.2 Å². The van der Waals surface area contributed by atoms with E-state index in [4.69, 9.17) is 0 Å². The van der Waals surface area contributed by atoms with E-state index in [0.29, 0.717) is 16.7 Å². The second-order valence-corrected chi connectivity index (χ2v) is 6.38. The van der Waals surface area contributed by atoms with Crippen molar-refractivity contribution >= 4 is 5.78 Å². The van der Waals surface area contributed by atoms with Crippen LogP contribution in [0.15, 0.2) is 54.6 Å². The van der Waals surface area contributed by atoms with Gasteiger partial charge in [-0.3, -0.25) is 4.79 Å². The minimum atomic E-state index is -4.50. The lowest BCUT2D eigenvalue weighted by Gasteiger charge is -2.22. The maximum absolute atomic E-state index is 13.0. The van der Waals surface area contributed by atoms with E-state index in [-0.39, 0.29) is 40.4 Å². The molecular formula is C21H13F3O3. The number of hydrogen-bond acceptors (Lipinski definition) is 3. The number of fused-ring (bicyclic) bond motifs is 2. The molecule has 0 unspecified atom stereocenters. The van der Waals surface area contributed by atoms with Gasteiger partial charge in [-0.25, -0.2) is 0 Å². The first-order chi connectivity index (χ1) is 12.8. The Morgan fingerprint density at radius 2 is 1.48 bits per heavy atom. The fraction of sp³-hybridized carbons (Fsp3) is 0.0952. The maximum Gasteiger partial charge on any atom is 0.416 e. The lowest BCUT2D eigenvalue weighted by Crippen LogP contribution is -2.15. The molecule has 0 heterocycles. The van der Waals surface area contributed by atoms with Crippen LogP contribution < -0.4 is 0 Å². The van der Waals surface area contributed by atoms with E-state index in [1.165, 1.54) is 30.3 Å². The van der Waals surface area contributed by atoms with Crippen LogP contribution in [0.1, 0.15) is 32.6 Å². The summed E-state index contributed by atoms with van der Waals surface area (Å²) in [5.74, 6) is -0.655. The molecule has 0 fully saturated rings. The number of phenols is 2. The molecule has 0 bridgehead atoms. The average Bonchev–Trinajstić information content (AvgIpc) is 2.63. The van der Waals surface area contributed by atoms with Crippen LogP contribution in [-0.2, 0) is 12.6 Å². The normalized spacial score (nSPS) is 13.2. The van der Waals surface area contributed by atoms with E-state index in [1.807, 2.05) is 0 Å². The molecule has 6 heteroatoms. The highest BCUT2D eigenvalue weighted by molar-refractivity contribution is 6.13. The molecule has 0 amide bonds. The van der Waals surface area contributed by atoms with Gasteiger partial charge in [-0.15, -0.1) is 0 Å². The molecule has 2 N–H and O–H groups in total.